The van der Waals surface area contributed by atoms with Crippen LogP contribution in [0.5, 0.6) is 0 Å². The summed E-state index contributed by atoms with van der Waals surface area (Å²) in [6, 6.07) is 0. The molecule has 0 fully saturated rings. The average Bonchev–Trinajstić information content (AvgIpc) is 1.69. The lowest BCUT2D eigenvalue weighted by atomic mass is 10.6. The average molecular weight is 115 g/mol. The highest BCUT2D eigenvalue weighted by molar-refractivity contribution is 7.60. The van der Waals surface area contributed by atoms with Gasteiger partial charge in [-0.3, -0.25) is 4.79 Å². The zero-order valence-corrected chi connectivity index (χ0v) is 4.77. The lowest BCUT2D eigenvalue weighted by Gasteiger charge is -2.02. The molecule has 38 valence electrons. The lowest BCUT2D eigenvalue weighted by molar-refractivity contribution is 0.261. The number of hydrogen-bond acceptors (Lipinski definition) is 1. The molecule has 1 N–H and O–H groups in total. The van der Waals surface area contributed by atoms with Crippen molar-refractivity contribution in [2.24, 2.45) is 0 Å². The van der Waals surface area contributed by atoms with Crippen LogP contribution in [0.25, 0.3) is 0 Å². The fourth-order valence-electron chi connectivity index (χ4n) is 0.396. The van der Waals surface area contributed by atoms with E-state index in [1.165, 1.54) is 0 Å². The third kappa shape index (κ3) is 1.28. The van der Waals surface area contributed by atoms with Gasteiger partial charge in [0.1, 0.15) is 0 Å². The minimum absolute atomic E-state index is 0.155. The van der Waals surface area contributed by atoms with Gasteiger partial charge in [0.15, 0.2) is 0 Å². The quantitative estimate of drug-likeness (QED) is 0.467. The lowest BCUT2D eigenvalue weighted by Crippen LogP contribution is -2.18. The molecule has 1 atom stereocenters. The minimum Gasteiger partial charge on any atom is -0.349 e. The molecule has 1 aliphatic heterocycles. The second-order valence-corrected chi connectivity index (χ2v) is 2.33. The summed E-state index contributed by atoms with van der Waals surface area (Å²) in [7, 11) is 0.345. The molecule has 0 bridgehead atoms. The number of amides is 1. The van der Waals surface area contributed by atoms with E-state index in [1.54, 1.807) is 0 Å². The molecule has 0 aromatic rings. The van der Waals surface area contributed by atoms with Crippen molar-refractivity contribution in [3.8, 4) is 0 Å². The SMILES string of the molecule is O=C1NCC=CP1. The number of carbonyl (C=O) groups excluding carboxylic acids is 1. The van der Waals surface area contributed by atoms with Gasteiger partial charge in [-0.1, -0.05) is 11.9 Å². The molecule has 0 aromatic carbocycles. The first-order valence-electron chi connectivity index (χ1n) is 2.09. The molecule has 0 saturated heterocycles. The van der Waals surface area contributed by atoms with E-state index in [0.717, 1.165) is 0 Å². The molecule has 0 spiro atoms. The Morgan fingerprint density at radius 2 is 2.71 bits per heavy atom. The smallest absolute Gasteiger partial charge is 0.242 e. The number of carbonyl (C=O) groups is 1. The van der Waals surface area contributed by atoms with Crippen molar-refractivity contribution in [2.75, 3.05) is 6.54 Å². The van der Waals surface area contributed by atoms with E-state index in [1.807, 2.05) is 11.9 Å². The van der Waals surface area contributed by atoms with Gasteiger partial charge in [-0.25, -0.2) is 0 Å². The van der Waals surface area contributed by atoms with Crippen LogP contribution in [0.4, 0.5) is 4.79 Å². The van der Waals surface area contributed by atoms with Crippen LogP contribution in [0.15, 0.2) is 11.9 Å². The van der Waals surface area contributed by atoms with Crippen LogP contribution in [0.1, 0.15) is 0 Å². The third-order valence-corrected chi connectivity index (χ3v) is 1.55. The Morgan fingerprint density at radius 1 is 1.86 bits per heavy atom. The van der Waals surface area contributed by atoms with Gasteiger partial charge in [-0.15, -0.1) is 0 Å². The molecule has 1 aliphatic rings. The number of nitrogens with one attached hydrogen (secondary N) is 1. The minimum atomic E-state index is 0.155. The first kappa shape index (κ1) is 4.79. The monoisotopic (exact) mass is 115 g/mol. The summed E-state index contributed by atoms with van der Waals surface area (Å²) in [6.45, 7) is 0.714. The van der Waals surface area contributed by atoms with Crippen LogP contribution in [-0.4, -0.2) is 12.2 Å². The topological polar surface area (TPSA) is 29.1 Å². The van der Waals surface area contributed by atoms with Crippen molar-refractivity contribution in [1.29, 1.82) is 0 Å². The highest BCUT2D eigenvalue weighted by atomic mass is 31.1. The molecular weight excluding hydrogens is 109 g/mol. The van der Waals surface area contributed by atoms with E-state index in [2.05, 4.69) is 5.32 Å². The summed E-state index contributed by atoms with van der Waals surface area (Å²) in [5.74, 6) is 1.90. The van der Waals surface area contributed by atoms with Gasteiger partial charge in [0.25, 0.3) is 0 Å². The Kier molecular flexibility index (Phi) is 1.42. The van der Waals surface area contributed by atoms with Crippen LogP contribution in [0, 0.1) is 0 Å². The molecule has 0 saturated carbocycles. The molecule has 1 heterocycles. The van der Waals surface area contributed by atoms with Crippen molar-refractivity contribution >= 4 is 14.2 Å². The fraction of sp³-hybridized carbons (Fsp3) is 0.250. The second kappa shape index (κ2) is 2.08. The summed E-state index contributed by atoms with van der Waals surface area (Å²) in [4.78, 5) is 10.3. The molecule has 2 nitrogen and oxygen atoms in total. The van der Waals surface area contributed by atoms with E-state index in [-0.39, 0.29) is 5.65 Å². The van der Waals surface area contributed by atoms with Crippen LogP contribution in [0.2, 0.25) is 0 Å². The predicted octanol–water partition coefficient (Wildman–Crippen LogP) is 0.902. The maximum Gasteiger partial charge on any atom is 0.242 e. The van der Waals surface area contributed by atoms with Crippen LogP contribution in [-0.2, 0) is 0 Å². The third-order valence-electron chi connectivity index (χ3n) is 0.713. The van der Waals surface area contributed by atoms with E-state index < -0.39 is 0 Å². The van der Waals surface area contributed by atoms with Gasteiger partial charge in [0, 0.05) is 6.54 Å². The molecule has 0 radical (unpaired) electrons. The Hall–Kier alpha value is -0.360. The van der Waals surface area contributed by atoms with Gasteiger partial charge in [-0.2, -0.15) is 0 Å². The summed E-state index contributed by atoms with van der Waals surface area (Å²) in [5, 5.41) is 2.67. The van der Waals surface area contributed by atoms with Crippen LogP contribution < -0.4 is 5.32 Å². The van der Waals surface area contributed by atoms with Crippen molar-refractivity contribution in [2.45, 2.75) is 0 Å². The molecular formula is C4H6NOP. The number of hydrogen-bond donors (Lipinski definition) is 1. The van der Waals surface area contributed by atoms with Crippen molar-refractivity contribution in [3.05, 3.63) is 11.9 Å². The standard InChI is InChI=1S/C4H6NOP/c6-4-5-2-1-3-7-4/h1,3,7H,2H2,(H,5,6). The van der Waals surface area contributed by atoms with Crippen molar-refractivity contribution in [3.63, 3.8) is 0 Å². The second-order valence-electron chi connectivity index (χ2n) is 1.26. The molecule has 7 heavy (non-hydrogen) atoms. The van der Waals surface area contributed by atoms with Gasteiger partial charge in [0.2, 0.25) is 5.65 Å². The van der Waals surface area contributed by atoms with Crippen molar-refractivity contribution < 1.29 is 4.79 Å². The number of rotatable bonds is 0. The normalized spacial score (nSPS) is 22.6. The Morgan fingerprint density at radius 3 is 3.00 bits per heavy atom. The predicted molar refractivity (Wildman–Crippen MR) is 30.9 cm³/mol. The zero-order chi connectivity index (χ0) is 5.11. The van der Waals surface area contributed by atoms with Crippen molar-refractivity contribution in [1.82, 2.24) is 5.32 Å². The fourth-order valence-corrected chi connectivity index (χ4v) is 0.987. The molecule has 0 aromatic heterocycles. The molecule has 0 aliphatic carbocycles. The summed E-state index contributed by atoms with van der Waals surface area (Å²) in [5.41, 5.74) is 0.155. The Bertz CT molecular complexity index is 110. The van der Waals surface area contributed by atoms with E-state index >= 15 is 0 Å². The molecule has 1 unspecified atom stereocenters. The molecule has 3 heteroatoms. The largest absolute Gasteiger partial charge is 0.349 e. The van der Waals surface area contributed by atoms with E-state index in [4.69, 9.17) is 0 Å². The first-order valence-corrected chi connectivity index (χ1v) is 3.17. The van der Waals surface area contributed by atoms with E-state index in [9.17, 15) is 4.79 Å². The highest BCUT2D eigenvalue weighted by Crippen LogP contribution is 2.14. The van der Waals surface area contributed by atoms with Crippen LogP contribution in [0.3, 0.4) is 0 Å². The first-order chi connectivity index (χ1) is 3.39. The molecule has 1 rings (SSSR count). The Balaban J connectivity index is 2.47. The zero-order valence-electron chi connectivity index (χ0n) is 3.77. The van der Waals surface area contributed by atoms with Gasteiger partial charge < -0.3 is 5.32 Å². The van der Waals surface area contributed by atoms with E-state index in [0.29, 0.717) is 15.1 Å². The maximum absolute atomic E-state index is 10.3. The van der Waals surface area contributed by atoms with Crippen LogP contribution >= 0.6 is 8.58 Å². The van der Waals surface area contributed by atoms with Gasteiger partial charge in [-0.05, 0) is 8.58 Å². The Labute approximate surface area is 43.8 Å². The summed E-state index contributed by atoms with van der Waals surface area (Å²) in [6.07, 6.45) is 1.96. The van der Waals surface area contributed by atoms with Gasteiger partial charge in [0.05, 0.1) is 0 Å². The van der Waals surface area contributed by atoms with Gasteiger partial charge >= 0.3 is 0 Å². The molecule has 1 amide bonds. The summed E-state index contributed by atoms with van der Waals surface area (Å²) >= 11 is 0. The maximum atomic E-state index is 10.3. The highest BCUT2D eigenvalue weighted by Gasteiger charge is 1.97. The summed E-state index contributed by atoms with van der Waals surface area (Å²) < 4.78 is 0.